The van der Waals surface area contributed by atoms with E-state index in [1.807, 2.05) is 48.5 Å². The van der Waals surface area contributed by atoms with Crippen LogP contribution in [0.15, 0.2) is 70.3 Å². The lowest BCUT2D eigenvalue weighted by Gasteiger charge is -2.04. The molecule has 0 bridgehead atoms. The van der Waals surface area contributed by atoms with E-state index < -0.39 is 16.1 Å². The molecule has 0 atom stereocenters. The van der Waals surface area contributed by atoms with Crippen LogP contribution in [0.2, 0.25) is 48.0 Å². The highest BCUT2D eigenvalue weighted by atomic mass is 127. The van der Waals surface area contributed by atoms with Crippen LogP contribution < -0.4 is 11.1 Å². The first-order chi connectivity index (χ1) is 19.0. The first-order valence-corrected chi connectivity index (χ1v) is 23.0. The Balaban J connectivity index is 0.000000246. The fourth-order valence-corrected chi connectivity index (χ4v) is 5.79. The highest BCUT2D eigenvalue weighted by Gasteiger charge is 2.08. The van der Waals surface area contributed by atoms with Crippen LogP contribution in [0.1, 0.15) is 16.7 Å². The zero-order chi connectivity index (χ0) is 30.8. The molecule has 0 amide bonds. The number of hydrogen-bond acceptors (Lipinski definition) is 4. The summed E-state index contributed by atoms with van der Waals surface area (Å²) < 4.78 is 5.53. The minimum atomic E-state index is -1.34. The van der Waals surface area contributed by atoms with Gasteiger partial charge in [0.2, 0.25) is 0 Å². The molecule has 0 radical (unpaired) electrons. The lowest BCUT2D eigenvalue weighted by atomic mass is 10.1. The van der Waals surface area contributed by atoms with Gasteiger partial charge in [0.15, 0.2) is 0 Å². The molecule has 41 heavy (non-hydrogen) atoms. The Morgan fingerprint density at radius 3 is 1.46 bits per heavy atom. The highest BCUT2D eigenvalue weighted by Crippen LogP contribution is 2.15. The number of benzene rings is 2. The molecule has 4 aromatic rings. The maximum absolute atomic E-state index is 11.6. The minimum absolute atomic E-state index is 0.0384. The molecule has 216 valence electrons. The van der Waals surface area contributed by atoms with E-state index in [1.165, 1.54) is 38.8 Å². The summed E-state index contributed by atoms with van der Waals surface area (Å²) in [5, 5.41) is 0. The number of nitrogens with zero attached hydrogens (tertiary/aromatic N) is 2. The molecule has 0 spiro atoms. The lowest BCUT2D eigenvalue weighted by Crippen LogP contribution is -2.16. The smallest absolute Gasteiger partial charge is 0.262 e. The Morgan fingerprint density at radius 1 is 0.756 bits per heavy atom. The summed E-state index contributed by atoms with van der Waals surface area (Å²) in [4.78, 5) is 23.0. The summed E-state index contributed by atoms with van der Waals surface area (Å²) in [6.45, 7) is 14.3. The molecule has 2 aromatic carbocycles. The molecule has 0 aliphatic rings. The van der Waals surface area contributed by atoms with Crippen LogP contribution in [0.5, 0.6) is 0 Å². The van der Waals surface area contributed by atoms with Gasteiger partial charge in [0, 0.05) is 21.3 Å². The molecule has 2 heterocycles. The van der Waals surface area contributed by atoms with Crippen molar-refractivity contribution in [2.24, 2.45) is 0 Å². The predicted molar refractivity (Wildman–Crippen MR) is 193 cm³/mol. The summed E-state index contributed by atoms with van der Waals surface area (Å²) in [5.41, 5.74) is 9.19. The van der Waals surface area contributed by atoms with E-state index >= 15 is 0 Å². The first-order valence-electron chi connectivity index (χ1n) is 12.6. The predicted octanol–water partition coefficient (Wildman–Crippen LogP) is 8.55. The third-order valence-electron chi connectivity index (χ3n) is 4.89. The van der Waals surface area contributed by atoms with Crippen LogP contribution >= 0.6 is 68.9 Å². The van der Waals surface area contributed by atoms with Crippen molar-refractivity contribution >= 4 is 85.0 Å². The summed E-state index contributed by atoms with van der Waals surface area (Å²) in [7, 11) is -2.44. The minimum Gasteiger partial charge on any atom is -0.268 e. The van der Waals surface area contributed by atoms with Crippen molar-refractivity contribution in [3.63, 3.8) is 0 Å². The van der Waals surface area contributed by atoms with Crippen molar-refractivity contribution in [3.8, 4) is 23.4 Å². The van der Waals surface area contributed by atoms with Crippen molar-refractivity contribution in [2.45, 2.75) is 52.4 Å². The van der Waals surface area contributed by atoms with Crippen molar-refractivity contribution < 1.29 is 0 Å². The molecule has 2 aromatic heterocycles. The van der Waals surface area contributed by atoms with E-state index in [0.717, 1.165) is 16.7 Å². The molecule has 4 rings (SSSR count). The molecule has 0 N–H and O–H groups in total. The maximum atomic E-state index is 11.6. The molecular formula is C30H33Cl2IN2O2S2Si2. The second kappa shape index (κ2) is 16.1. The Morgan fingerprint density at radius 2 is 1.15 bits per heavy atom. The summed E-state index contributed by atoms with van der Waals surface area (Å²) in [5.74, 6) is 3.22. The van der Waals surface area contributed by atoms with Gasteiger partial charge in [0.1, 0.15) is 24.8 Å². The molecule has 0 aliphatic carbocycles. The quantitative estimate of drug-likeness (QED) is 0.119. The lowest BCUT2D eigenvalue weighted by molar-refractivity contribution is 0.849. The third kappa shape index (κ3) is 14.3. The molecule has 11 heteroatoms. The second-order valence-corrected chi connectivity index (χ2v) is 25.2. The Hall–Kier alpha value is -1.84. The van der Waals surface area contributed by atoms with Crippen molar-refractivity contribution in [1.29, 1.82) is 0 Å². The standard InChI is InChI=1S/C15H16ClNOSSi.C10H7ClINOS.C5H10Si/c1-20(2,3)9-8-12-4-6-13(7-5-12)11-17-15(18)10-14(16)19-17;11-9-5-10(14)13(15-9)6-7-1-3-8(12)4-2-7;1-5-6(2,3)4/h4-7,10H,11H2,1-3H3;1-5H,6H2;1H,2-4H3. The normalized spacial score (nSPS) is 10.7. The number of terminal acetylenes is 1. The average molecular weight is 772 g/mol. The van der Waals surface area contributed by atoms with Crippen LogP contribution in [0, 0.1) is 27.0 Å². The Kier molecular flexibility index (Phi) is 13.9. The largest absolute Gasteiger partial charge is 0.268 e. The van der Waals surface area contributed by atoms with Crippen LogP contribution in [0.4, 0.5) is 0 Å². The zero-order valence-electron chi connectivity index (χ0n) is 23.9. The molecule has 0 aliphatic heterocycles. The van der Waals surface area contributed by atoms with Gasteiger partial charge < -0.3 is 0 Å². The monoisotopic (exact) mass is 770 g/mol. The van der Waals surface area contributed by atoms with Gasteiger partial charge in [-0.05, 0) is 81.0 Å². The molecule has 0 unspecified atom stereocenters. The van der Waals surface area contributed by atoms with Crippen molar-refractivity contribution in [2.75, 3.05) is 0 Å². The van der Waals surface area contributed by atoms with Gasteiger partial charge in [-0.2, -0.15) is 0 Å². The number of rotatable bonds is 4. The average Bonchev–Trinajstić information content (AvgIpc) is 3.37. The summed E-state index contributed by atoms with van der Waals surface area (Å²) in [6.07, 6.45) is 5.12. The van der Waals surface area contributed by atoms with E-state index in [1.54, 1.807) is 7.91 Å². The number of halogens is 3. The highest BCUT2D eigenvalue weighted by molar-refractivity contribution is 14.1. The topological polar surface area (TPSA) is 44.0 Å². The molecular weight excluding hydrogens is 738 g/mol. The zero-order valence-corrected chi connectivity index (χ0v) is 31.2. The van der Waals surface area contributed by atoms with Gasteiger partial charge in [-0.25, -0.2) is 0 Å². The van der Waals surface area contributed by atoms with E-state index in [9.17, 15) is 9.59 Å². The SMILES string of the molecule is C#C[Si](C)(C)C.C[Si](C)(C)C#Cc1ccc(Cn2sc(Cl)cc2=O)cc1.O=c1cc(Cl)sn1Cc1ccc(I)cc1. The van der Waals surface area contributed by atoms with Gasteiger partial charge in [-0.3, -0.25) is 17.5 Å². The second-order valence-electron chi connectivity index (χ2n) is 11.0. The van der Waals surface area contributed by atoms with E-state index in [-0.39, 0.29) is 11.1 Å². The first kappa shape index (κ1) is 35.4. The van der Waals surface area contributed by atoms with Crippen molar-refractivity contribution in [3.05, 3.63) is 110 Å². The summed E-state index contributed by atoms with van der Waals surface area (Å²) >= 11 is 16.4. The maximum Gasteiger partial charge on any atom is 0.262 e. The number of hydrogen-bond donors (Lipinski definition) is 0. The fourth-order valence-electron chi connectivity index (χ4n) is 2.79. The van der Waals surface area contributed by atoms with Crippen molar-refractivity contribution in [1.82, 2.24) is 7.91 Å². The van der Waals surface area contributed by atoms with Crippen LogP contribution in [0.25, 0.3) is 0 Å². The Labute approximate surface area is 276 Å². The van der Waals surface area contributed by atoms with Gasteiger partial charge in [0.05, 0.1) is 13.1 Å². The van der Waals surface area contributed by atoms with Gasteiger partial charge in [0.25, 0.3) is 11.1 Å². The fraction of sp³-hybridized carbons (Fsp3) is 0.267. The molecule has 0 fully saturated rings. The molecule has 0 saturated heterocycles. The van der Waals surface area contributed by atoms with E-state index in [2.05, 4.69) is 78.9 Å². The molecule has 0 saturated carbocycles. The summed E-state index contributed by atoms with van der Waals surface area (Å²) in [6, 6.07) is 19.0. The van der Waals surface area contributed by atoms with Gasteiger partial charge in [-0.1, -0.05) is 92.7 Å². The van der Waals surface area contributed by atoms with Gasteiger partial charge in [-0.15, -0.1) is 17.5 Å². The third-order valence-corrected chi connectivity index (χ3v) is 9.63. The number of aromatic nitrogens is 2. The van der Waals surface area contributed by atoms with Crippen LogP contribution in [-0.4, -0.2) is 24.1 Å². The molecule has 4 nitrogen and oxygen atoms in total. The Bertz CT molecular complexity index is 1640. The van der Waals surface area contributed by atoms with Crippen LogP contribution in [-0.2, 0) is 13.1 Å². The van der Waals surface area contributed by atoms with E-state index in [0.29, 0.717) is 21.8 Å². The van der Waals surface area contributed by atoms with E-state index in [4.69, 9.17) is 29.6 Å². The van der Waals surface area contributed by atoms with Gasteiger partial charge >= 0.3 is 0 Å². The van der Waals surface area contributed by atoms with Crippen LogP contribution in [0.3, 0.4) is 0 Å².